The van der Waals surface area contributed by atoms with Gasteiger partial charge >= 0.3 is 35.6 Å². The molecule has 2 aromatic heterocycles. The lowest BCUT2D eigenvalue weighted by Crippen LogP contribution is -2.56. The molecule has 2 N–H and O–H groups in total. The SMILES string of the molecule is COC(=O)c1c(-c2ccc(C)cc2)csc1NC(=O)C(F)(F)C(F)(F)C(=O)Nc1scc(-c2ccc(C)cc2)c1C(=O)OC. The van der Waals surface area contributed by atoms with E-state index in [1.165, 1.54) is 10.8 Å². The Morgan fingerprint density at radius 2 is 0.932 bits per heavy atom. The van der Waals surface area contributed by atoms with Gasteiger partial charge in [-0.2, -0.15) is 17.6 Å². The number of hydrogen-bond acceptors (Lipinski definition) is 8. The molecule has 0 bridgehead atoms. The number of carbonyl (C=O) groups excluding carboxylic acids is 4. The zero-order valence-corrected chi connectivity index (χ0v) is 25.2. The quantitative estimate of drug-likeness (QED) is 0.147. The summed E-state index contributed by atoms with van der Waals surface area (Å²) in [5, 5.41) is 5.08. The molecule has 0 fully saturated rings. The first kappa shape index (κ1) is 32.4. The average Bonchev–Trinajstić information content (AvgIpc) is 3.61. The van der Waals surface area contributed by atoms with Crippen molar-refractivity contribution in [3.05, 3.63) is 81.5 Å². The average molecular weight is 649 g/mol. The number of ether oxygens (including phenoxy) is 2. The highest BCUT2D eigenvalue weighted by Gasteiger charge is 2.67. The molecule has 0 spiro atoms. The molecule has 0 radical (unpaired) electrons. The second kappa shape index (κ2) is 12.6. The largest absolute Gasteiger partial charge is 0.465 e. The summed E-state index contributed by atoms with van der Waals surface area (Å²) in [6, 6.07) is 13.5. The smallest absolute Gasteiger partial charge is 0.396 e. The van der Waals surface area contributed by atoms with Gasteiger partial charge in [0.15, 0.2) is 0 Å². The Balaban J connectivity index is 1.62. The van der Waals surface area contributed by atoms with Crippen molar-refractivity contribution in [1.82, 2.24) is 0 Å². The van der Waals surface area contributed by atoms with Crippen molar-refractivity contribution < 1.29 is 46.2 Å². The normalized spacial score (nSPS) is 11.5. The number of amides is 2. The van der Waals surface area contributed by atoms with Crippen LogP contribution < -0.4 is 10.6 Å². The predicted octanol–water partition coefficient (Wildman–Crippen LogP) is 7.18. The van der Waals surface area contributed by atoms with E-state index in [4.69, 9.17) is 9.47 Å². The van der Waals surface area contributed by atoms with Crippen LogP contribution in [0.25, 0.3) is 22.3 Å². The summed E-state index contributed by atoms with van der Waals surface area (Å²) in [4.78, 5) is 50.2. The minimum absolute atomic E-state index is 0.211. The number of aryl methyl sites for hydroxylation is 2. The summed E-state index contributed by atoms with van der Waals surface area (Å²) in [6.45, 7) is 3.64. The Kier molecular flexibility index (Phi) is 9.25. The predicted molar refractivity (Wildman–Crippen MR) is 159 cm³/mol. The monoisotopic (exact) mass is 648 g/mol. The molecular formula is C30H24F4N2O6S2. The lowest BCUT2D eigenvalue weighted by Gasteiger charge is -2.24. The molecule has 230 valence electrons. The highest BCUT2D eigenvalue weighted by Crippen LogP contribution is 2.42. The molecule has 4 rings (SSSR count). The van der Waals surface area contributed by atoms with E-state index in [9.17, 15) is 19.2 Å². The fourth-order valence-corrected chi connectivity index (χ4v) is 5.95. The van der Waals surface area contributed by atoms with Gasteiger partial charge in [0.1, 0.15) is 21.1 Å². The van der Waals surface area contributed by atoms with Crippen LogP contribution in [-0.4, -0.2) is 49.8 Å². The van der Waals surface area contributed by atoms with Crippen molar-refractivity contribution in [1.29, 1.82) is 0 Å². The highest BCUT2D eigenvalue weighted by molar-refractivity contribution is 7.15. The van der Waals surface area contributed by atoms with Gasteiger partial charge in [0, 0.05) is 21.9 Å². The van der Waals surface area contributed by atoms with Crippen LogP contribution in [0.15, 0.2) is 59.3 Å². The van der Waals surface area contributed by atoms with E-state index < -0.39 is 45.6 Å². The number of alkyl halides is 4. The van der Waals surface area contributed by atoms with Gasteiger partial charge in [0.25, 0.3) is 0 Å². The molecule has 14 heteroatoms. The molecule has 8 nitrogen and oxygen atoms in total. The molecule has 0 aliphatic carbocycles. The van der Waals surface area contributed by atoms with Gasteiger partial charge in [-0.05, 0) is 25.0 Å². The van der Waals surface area contributed by atoms with E-state index in [1.807, 2.05) is 13.8 Å². The van der Waals surface area contributed by atoms with Crippen LogP contribution in [0, 0.1) is 13.8 Å². The van der Waals surface area contributed by atoms with Crippen LogP contribution in [0.1, 0.15) is 31.8 Å². The van der Waals surface area contributed by atoms with E-state index in [1.54, 1.807) is 59.2 Å². The Hall–Kier alpha value is -4.56. The fourth-order valence-electron chi connectivity index (χ4n) is 4.05. The highest BCUT2D eigenvalue weighted by atomic mass is 32.1. The Morgan fingerprint density at radius 3 is 1.23 bits per heavy atom. The number of halogens is 4. The van der Waals surface area contributed by atoms with Crippen LogP contribution in [0.4, 0.5) is 27.6 Å². The van der Waals surface area contributed by atoms with Gasteiger partial charge in [0.2, 0.25) is 0 Å². The number of benzene rings is 2. The lowest BCUT2D eigenvalue weighted by atomic mass is 10.0. The van der Waals surface area contributed by atoms with Crippen LogP contribution in [0.2, 0.25) is 0 Å². The maximum atomic E-state index is 15.0. The first-order valence-electron chi connectivity index (χ1n) is 12.6. The fraction of sp³-hybridized carbons (Fsp3) is 0.200. The number of esters is 2. The van der Waals surface area contributed by atoms with Crippen molar-refractivity contribution in [2.45, 2.75) is 25.7 Å². The lowest BCUT2D eigenvalue weighted by molar-refractivity contribution is -0.204. The van der Waals surface area contributed by atoms with E-state index in [2.05, 4.69) is 0 Å². The topological polar surface area (TPSA) is 111 Å². The molecule has 0 saturated heterocycles. The van der Waals surface area contributed by atoms with E-state index in [0.717, 1.165) is 25.3 Å². The first-order valence-corrected chi connectivity index (χ1v) is 14.4. The summed E-state index contributed by atoms with van der Waals surface area (Å²) in [6.07, 6.45) is 0. The third-order valence-corrected chi connectivity index (χ3v) is 8.30. The zero-order valence-electron chi connectivity index (χ0n) is 23.6. The van der Waals surface area contributed by atoms with E-state index in [-0.39, 0.29) is 22.3 Å². The third kappa shape index (κ3) is 6.08. The first-order chi connectivity index (χ1) is 20.7. The van der Waals surface area contributed by atoms with Crippen LogP contribution in [0.5, 0.6) is 0 Å². The molecular weight excluding hydrogens is 624 g/mol. The standard InChI is InChI=1S/C30H24F4N2O6S2/c1-15-5-9-17(10-6-15)19-13-43-23(21(19)25(37)41-3)35-27(39)29(31,32)30(33,34)28(40)36-24-22(26(38)42-4)20(14-44-24)18-11-7-16(2)8-12-18/h5-14H,1-4H3,(H,35,39)(H,36,40). The maximum absolute atomic E-state index is 15.0. The molecule has 0 unspecified atom stereocenters. The molecule has 0 saturated carbocycles. The molecule has 0 aliphatic rings. The molecule has 2 amide bonds. The number of hydrogen-bond donors (Lipinski definition) is 2. The van der Waals surface area contributed by atoms with Crippen LogP contribution in [-0.2, 0) is 19.1 Å². The number of thiophene rings is 2. The number of rotatable bonds is 9. The van der Waals surface area contributed by atoms with Gasteiger partial charge in [0.05, 0.1) is 14.2 Å². The van der Waals surface area contributed by atoms with E-state index >= 15 is 17.6 Å². The number of nitrogens with one attached hydrogen (secondary N) is 2. The Bertz CT molecular complexity index is 1600. The molecule has 4 aromatic rings. The second-order valence-electron chi connectivity index (χ2n) is 9.48. The van der Waals surface area contributed by atoms with Gasteiger partial charge < -0.3 is 20.1 Å². The summed E-state index contributed by atoms with van der Waals surface area (Å²) in [7, 11) is 2.05. The molecule has 0 atom stereocenters. The zero-order chi connectivity index (χ0) is 32.4. The van der Waals surface area contributed by atoms with Crippen molar-refractivity contribution in [3.63, 3.8) is 0 Å². The van der Waals surface area contributed by atoms with Crippen LogP contribution in [0.3, 0.4) is 0 Å². The van der Waals surface area contributed by atoms with Gasteiger partial charge in [-0.25, -0.2) is 9.59 Å². The van der Waals surface area contributed by atoms with E-state index in [0.29, 0.717) is 33.8 Å². The molecule has 0 aliphatic heterocycles. The second-order valence-corrected chi connectivity index (χ2v) is 11.2. The molecule has 2 heterocycles. The number of methoxy groups -OCH3 is 2. The third-order valence-electron chi connectivity index (χ3n) is 6.51. The minimum Gasteiger partial charge on any atom is -0.465 e. The summed E-state index contributed by atoms with van der Waals surface area (Å²) in [5.41, 5.74) is 2.50. The summed E-state index contributed by atoms with van der Waals surface area (Å²) in [5.74, 6) is -18.3. The summed E-state index contributed by atoms with van der Waals surface area (Å²) >= 11 is 1.27. The Labute approximate surface area is 256 Å². The summed E-state index contributed by atoms with van der Waals surface area (Å²) < 4.78 is 69.6. The van der Waals surface area contributed by atoms with Crippen molar-refractivity contribution in [2.24, 2.45) is 0 Å². The molecule has 44 heavy (non-hydrogen) atoms. The van der Waals surface area contributed by atoms with Gasteiger partial charge in [-0.15, -0.1) is 22.7 Å². The van der Waals surface area contributed by atoms with Gasteiger partial charge in [-0.3, -0.25) is 9.59 Å². The maximum Gasteiger partial charge on any atom is 0.396 e. The number of carbonyl (C=O) groups is 4. The number of anilines is 2. The molecule has 2 aromatic carbocycles. The Morgan fingerprint density at radius 1 is 0.614 bits per heavy atom. The minimum atomic E-state index is -5.60. The van der Waals surface area contributed by atoms with Crippen molar-refractivity contribution in [3.8, 4) is 22.3 Å². The van der Waals surface area contributed by atoms with Crippen LogP contribution >= 0.6 is 22.7 Å². The van der Waals surface area contributed by atoms with Gasteiger partial charge in [-0.1, -0.05) is 59.7 Å². The van der Waals surface area contributed by atoms with Crippen molar-refractivity contribution >= 4 is 56.4 Å². The van der Waals surface area contributed by atoms with Crippen molar-refractivity contribution in [2.75, 3.05) is 24.9 Å².